The fourth-order valence-corrected chi connectivity index (χ4v) is 8.02. The van der Waals surface area contributed by atoms with E-state index in [0.29, 0.717) is 35.6 Å². The van der Waals surface area contributed by atoms with Crippen molar-refractivity contribution in [3.05, 3.63) is 52.3 Å². The molecular weight excluding hydrogens is 576 g/mol. The van der Waals surface area contributed by atoms with E-state index in [4.69, 9.17) is 10.7 Å². The minimum atomic E-state index is -3.75. The number of hydrogen-bond donors (Lipinski definition) is 2. The molecule has 42 heavy (non-hydrogen) atoms. The predicted molar refractivity (Wildman–Crippen MR) is 156 cm³/mol. The Balaban J connectivity index is 1.27. The third-order valence-electron chi connectivity index (χ3n) is 8.13. The molecule has 5 aromatic rings. The second-order valence-corrected chi connectivity index (χ2v) is 14.0. The molecule has 0 aliphatic carbocycles. The fourth-order valence-electron chi connectivity index (χ4n) is 6.35. The van der Waals surface area contributed by atoms with Crippen LogP contribution in [0.4, 0.5) is 5.82 Å². The van der Waals surface area contributed by atoms with Gasteiger partial charge in [0, 0.05) is 47.0 Å². The number of aromatic amines is 1. The molecule has 3 N–H and O–H groups in total. The SMILES string of the molecule is Cc1nc(C(=O)N2[C@@H]3CC[C@H]2CC(c2nc4c(-c5ccc(-c6csc(C)n6)nc5)cnn4c(N)c2S(C)(=O)=O)C3)n[nH]1. The van der Waals surface area contributed by atoms with E-state index in [9.17, 15) is 13.2 Å². The number of anilines is 1. The molecule has 0 spiro atoms. The number of aryl methyl sites for hydroxylation is 2. The van der Waals surface area contributed by atoms with Crippen LogP contribution in [-0.4, -0.2) is 77.3 Å². The number of aromatic nitrogens is 8. The van der Waals surface area contributed by atoms with Crippen LogP contribution >= 0.6 is 11.3 Å². The molecule has 2 saturated heterocycles. The van der Waals surface area contributed by atoms with Gasteiger partial charge in [0.25, 0.3) is 5.91 Å². The van der Waals surface area contributed by atoms with Gasteiger partial charge in [-0.3, -0.25) is 14.9 Å². The van der Waals surface area contributed by atoms with Gasteiger partial charge < -0.3 is 10.6 Å². The van der Waals surface area contributed by atoms with Crippen molar-refractivity contribution in [3.63, 3.8) is 0 Å². The van der Waals surface area contributed by atoms with E-state index in [2.05, 4.69) is 30.2 Å². The molecule has 1 unspecified atom stereocenters. The molecule has 2 bridgehead atoms. The van der Waals surface area contributed by atoms with Gasteiger partial charge in [-0.25, -0.2) is 23.4 Å². The number of amides is 1. The van der Waals surface area contributed by atoms with Crippen LogP contribution in [-0.2, 0) is 9.84 Å². The van der Waals surface area contributed by atoms with Gasteiger partial charge in [0.2, 0.25) is 5.82 Å². The highest BCUT2D eigenvalue weighted by molar-refractivity contribution is 7.91. The van der Waals surface area contributed by atoms with Crippen LogP contribution in [0.1, 0.15) is 58.7 Å². The first-order valence-corrected chi connectivity index (χ1v) is 16.3. The molecule has 0 saturated carbocycles. The highest BCUT2D eigenvalue weighted by Gasteiger charge is 2.46. The Kier molecular flexibility index (Phi) is 6.13. The maximum atomic E-state index is 13.3. The lowest BCUT2D eigenvalue weighted by Gasteiger charge is -2.38. The summed E-state index contributed by atoms with van der Waals surface area (Å²) in [5.41, 5.74) is 10.4. The minimum Gasteiger partial charge on any atom is -0.382 e. The van der Waals surface area contributed by atoms with Crippen molar-refractivity contribution < 1.29 is 13.2 Å². The van der Waals surface area contributed by atoms with E-state index in [-0.39, 0.29) is 40.4 Å². The molecule has 15 heteroatoms. The molecule has 7 rings (SSSR count). The third kappa shape index (κ3) is 4.34. The van der Waals surface area contributed by atoms with Gasteiger partial charge in [-0.05, 0) is 45.6 Å². The van der Waals surface area contributed by atoms with Crippen LogP contribution < -0.4 is 5.73 Å². The first-order chi connectivity index (χ1) is 20.1. The minimum absolute atomic E-state index is 0.00852. The summed E-state index contributed by atoms with van der Waals surface area (Å²) < 4.78 is 27.6. The molecule has 0 aromatic carbocycles. The molecule has 0 radical (unpaired) electrons. The van der Waals surface area contributed by atoms with Crippen LogP contribution in [0.5, 0.6) is 0 Å². The lowest BCUT2D eigenvalue weighted by Crippen LogP contribution is -2.46. The normalized spacial score (nSPS) is 20.5. The van der Waals surface area contributed by atoms with Crippen LogP contribution in [0.15, 0.2) is 34.8 Å². The van der Waals surface area contributed by atoms with Crippen molar-refractivity contribution in [2.45, 2.75) is 62.4 Å². The molecule has 1 amide bonds. The second-order valence-electron chi connectivity index (χ2n) is 11.0. The predicted octanol–water partition coefficient (Wildman–Crippen LogP) is 3.19. The molecule has 216 valence electrons. The van der Waals surface area contributed by atoms with E-state index < -0.39 is 9.84 Å². The van der Waals surface area contributed by atoms with Crippen molar-refractivity contribution in [1.82, 2.24) is 44.6 Å². The summed E-state index contributed by atoms with van der Waals surface area (Å²) in [6.45, 7) is 3.70. The lowest BCUT2D eigenvalue weighted by molar-refractivity contribution is 0.0556. The summed E-state index contributed by atoms with van der Waals surface area (Å²) in [5, 5.41) is 14.1. The Morgan fingerprint density at radius 2 is 1.83 bits per heavy atom. The number of rotatable bonds is 5. The summed E-state index contributed by atoms with van der Waals surface area (Å²) >= 11 is 1.56. The Labute approximate surface area is 245 Å². The van der Waals surface area contributed by atoms with Crippen LogP contribution in [0.25, 0.3) is 28.2 Å². The third-order valence-corrected chi connectivity index (χ3v) is 10.1. The zero-order valence-corrected chi connectivity index (χ0v) is 24.8. The highest BCUT2D eigenvalue weighted by atomic mass is 32.2. The lowest BCUT2D eigenvalue weighted by atomic mass is 9.87. The van der Waals surface area contributed by atoms with Crippen molar-refractivity contribution in [2.24, 2.45) is 0 Å². The molecular formula is C27H28N10O3S2. The van der Waals surface area contributed by atoms with E-state index in [1.54, 1.807) is 30.7 Å². The van der Waals surface area contributed by atoms with Crippen LogP contribution in [0, 0.1) is 13.8 Å². The quantitative estimate of drug-likeness (QED) is 0.303. The number of fused-ring (bicyclic) bond motifs is 3. The van der Waals surface area contributed by atoms with E-state index >= 15 is 0 Å². The van der Waals surface area contributed by atoms with E-state index in [1.807, 2.05) is 29.3 Å². The standard InChI is InChI=1S/C27H28N10O3S2/c1-13-31-25(35-34-13)27(38)36-17-5-6-18(36)9-16(8-17)22-23(42(3,39)40)24(28)37-26(33-22)19(11-30-37)15-4-7-20(29-10-15)21-12-41-14(2)32-21/h4,7,10-12,16-18H,5-6,8-9,28H2,1-3H3,(H,31,34,35)/t16?,17-,18+. The summed E-state index contributed by atoms with van der Waals surface area (Å²) in [6.07, 6.45) is 7.25. The van der Waals surface area contributed by atoms with Crippen molar-refractivity contribution in [2.75, 3.05) is 12.0 Å². The summed E-state index contributed by atoms with van der Waals surface area (Å²) in [5.74, 6) is 0.322. The number of pyridine rings is 1. The summed E-state index contributed by atoms with van der Waals surface area (Å²) in [4.78, 5) is 33.4. The molecule has 2 fully saturated rings. The van der Waals surface area contributed by atoms with Crippen molar-refractivity contribution in [3.8, 4) is 22.5 Å². The summed E-state index contributed by atoms with van der Waals surface area (Å²) in [6, 6.07) is 3.65. The monoisotopic (exact) mass is 604 g/mol. The van der Waals surface area contributed by atoms with Crippen LogP contribution in [0.2, 0.25) is 0 Å². The first kappa shape index (κ1) is 26.6. The first-order valence-electron chi connectivity index (χ1n) is 13.6. The molecule has 3 atom stereocenters. The Bertz CT molecular complexity index is 1950. The van der Waals surface area contributed by atoms with Gasteiger partial charge in [0.15, 0.2) is 15.5 Å². The number of nitrogens with one attached hydrogen (secondary N) is 1. The number of nitrogens with zero attached hydrogens (tertiary/aromatic N) is 8. The zero-order valence-electron chi connectivity index (χ0n) is 23.1. The molecule has 7 heterocycles. The number of piperidine rings is 1. The number of carbonyl (C=O) groups excluding carboxylic acids is 1. The number of nitrogen functional groups attached to an aromatic ring is 1. The molecule has 13 nitrogen and oxygen atoms in total. The number of carbonyl (C=O) groups is 1. The fraction of sp³-hybridized carbons (Fsp3) is 0.370. The van der Waals surface area contributed by atoms with Gasteiger partial charge in [0.1, 0.15) is 16.5 Å². The molecule has 2 aliphatic rings. The molecule has 5 aromatic heterocycles. The number of nitrogens with two attached hydrogens (primary N) is 1. The average molecular weight is 605 g/mol. The Hall–Kier alpha value is -4.24. The largest absolute Gasteiger partial charge is 0.382 e. The van der Waals surface area contributed by atoms with Gasteiger partial charge in [-0.2, -0.15) is 9.61 Å². The Morgan fingerprint density at radius 3 is 2.43 bits per heavy atom. The van der Waals surface area contributed by atoms with Crippen LogP contribution in [0.3, 0.4) is 0 Å². The van der Waals surface area contributed by atoms with Gasteiger partial charge >= 0.3 is 0 Å². The van der Waals surface area contributed by atoms with Gasteiger partial charge in [-0.1, -0.05) is 6.07 Å². The number of H-pyrrole nitrogens is 1. The second kappa shape index (κ2) is 9.66. The smallest absolute Gasteiger partial charge is 0.294 e. The number of thiazole rings is 1. The van der Waals surface area contributed by atoms with E-state index in [0.717, 1.165) is 41.1 Å². The van der Waals surface area contributed by atoms with Gasteiger partial charge in [0.05, 0.1) is 28.3 Å². The average Bonchev–Trinajstić information content (AvgIpc) is 3.74. The summed E-state index contributed by atoms with van der Waals surface area (Å²) in [7, 11) is -3.75. The molecule has 2 aliphatic heterocycles. The zero-order chi connectivity index (χ0) is 29.3. The van der Waals surface area contributed by atoms with E-state index in [1.165, 1.54) is 4.52 Å². The van der Waals surface area contributed by atoms with Crippen molar-refractivity contribution in [1.29, 1.82) is 0 Å². The number of hydrogen-bond acceptors (Lipinski definition) is 11. The topological polar surface area (TPSA) is 178 Å². The highest BCUT2D eigenvalue weighted by Crippen LogP contribution is 2.45. The number of sulfone groups is 1. The Morgan fingerprint density at radius 1 is 1.07 bits per heavy atom. The van der Waals surface area contributed by atoms with Gasteiger partial charge in [-0.15, -0.1) is 16.4 Å². The maximum Gasteiger partial charge on any atom is 0.294 e. The maximum absolute atomic E-state index is 13.3. The van der Waals surface area contributed by atoms with Crippen molar-refractivity contribution >= 4 is 38.5 Å².